The smallest absolute Gasteiger partial charge is 0.405 e. The molecule has 18 heavy (non-hydrogen) atoms. The average Bonchev–Trinajstić information content (AvgIpc) is 2.17. The summed E-state index contributed by atoms with van der Waals surface area (Å²) in [6, 6.07) is 0. The zero-order valence-corrected chi connectivity index (χ0v) is 9.83. The van der Waals surface area contributed by atoms with Crippen LogP contribution in [-0.4, -0.2) is 54.2 Å². The Morgan fingerprint density at radius 2 is 2.00 bits per heavy atom. The molecule has 8 heteroatoms. The number of nitrogens with one attached hydrogen (secondary N) is 1. The van der Waals surface area contributed by atoms with Gasteiger partial charge in [0.25, 0.3) is 0 Å². The van der Waals surface area contributed by atoms with Gasteiger partial charge in [0.15, 0.2) is 0 Å². The van der Waals surface area contributed by atoms with E-state index in [0.717, 1.165) is 0 Å². The van der Waals surface area contributed by atoms with Gasteiger partial charge in [-0.05, 0) is 5.92 Å². The van der Waals surface area contributed by atoms with E-state index in [-0.39, 0.29) is 12.5 Å². The van der Waals surface area contributed by atoms with Crippen LogP contribution in [0.1, 0.15) is 6.92 Å². The van der Waals surface area contributed by atoms with E-state index in [0.29, 0.717) is 13.1 Å². The van der Waals surface area contributed by atoms with Gasteiger partial charge in [-0.1, -0.05) is 6.92 Å². The maximum Gasteiger partial charge on any atom is 0.405 e. The minimum Gasteiger partial charge on any atom is -0.481 e. The van der Waals surface area contributed by atoms with Crippen LogP contribution < -0.4 is 5.32 Å². The number of aliphatic carboxylic acids is 1. The summed E-state index contributed by atoms with van der Waals surface area (Å²) >= 11 is 0. The number of rotatable bonds is 5. The molecule has 0 radical (unpaired) electrons. The number of halogens is 3. The molecule has 104 valence electrons. The number of carboxylic acid groups (broad SMARTS) is 1. The van der Waals surface area contributed by atoms with Crippen LogP contribution in [0.3, 0.4) is 0 Å². The highest BCUT2D eigenvalue weighted by atomic mass is 19.4. The fourth-order valence-corrected chi connectivity index (χ4v) is 1.71. The quantitative estimate of drug-likeness (QED) is 0.753. The molecular formula is C10H15F3N2O3. The fraction of sp³-hybridized carbons (Fsp3) is 0.800. The highest BCUT2D eigenvalue weighted by Crippen LogP contribution is 2.23. The molecule has 1 fully saturated rings. The number of carbonyl (C=O) groups excluding carboxylic acids is 1. The minimum atomic E-state index is -4.41. The van der Waals surface area contributed by atoms with Gasteiger partial charge < -0.3 is 10.4 Å². The summed E-state index contributed by atoms with van der Waals surface area (Å²) in [7, 11) is 0. The second-order valence-electron chi connectivity index (χ2n) is 4.47. The Hall–Kier alpha value is -1.31. The minimum absolute atomic E-state index is 0.0436. The first kappa shape index (κ1) is 14.7. The largest absolute Gasteiger partial charge is 0.481 e. The first-order valence-corrected chi connectivity index (χ1v) is 5.47. The van der Waals surface area contributed by atoms with Gasteiger partial charge >= 0.3 is 12.1 Å². The number of amides is 1. The molecule has 0 saturated carbocycles. The molecule has 1 saturated heterocycles. The standard InChI is InChI=1S/C10H15F3N2O3/c1-6(9(17)18)7-2-15(3-7)4-8(16)14-5-10(11,12)13/h6-7H,2-5H2,1H3,(H,14,16)(H,17,18). The predicted molar refractivity (Wildman–Crippen MR) is 55.8 cm³/mol. The topological polar surface area (TPSA) is 69.6 Å². The summed E-state index contributed by atoms with van der Waals surface area (Å²) < 4.78 is 35.4. The van der Waals surface area contributed by atoms with Gasteiger partial charge in [-0.3, -0.25) is 14.5 Å². The van der Waals surface area contributed by atoms with Crippen molar-refractivity contribution in [3.05, 3.63) is 0 Å². The van der Waals surface area contributed by atoms with Crippen molar-refractivity contribution in [1.29, 1.82) is 0 Å². The van der Waals surface area contributed by atoms with Gasteiger partial charge in [0.1, 0.15) is 6.54 Å². The predicted octanol–water partition coefficient (Wildman–Crippen LogP) is 0.317. The zero-order chi connectivity index (χ0) is 13.9. The number of likely N-dealkylation sites (tertiary alicyclic amines) is 1. The Morgan fingerprint density at radius 1 is 1.44 bits per heavy atom. The molecule has 0 spiro atoms. The van der Waals surface area contributed by atoms with E-state index in [1.54, 1.807) is 17.1 Å². The highest BCUT2D eigenvalue weighted by molar-refractivity contribution is 5.78. The van der Waals surface area contributed by atoms with Gasteiger partial charge in [-0.15, -0.1) is 0 Å². The van der Waals surface area contributed by atoms with E-state index in [4.69, 9.17) is 5.11 Å². The fourth-order valence-electron chi connectivity index (χ4n) is 1.71. The summed E-state index contributed by atoms with van der Waals surface area (Å²) in [5, 5.41) is 10.5. The molecule has 1 amide bonds. The van der Waals surface area contributed by atoms with E-state index < -0.39 is 30.5 Å². The second kappa shape index (κ2) is 5.55. The molecule has 1 unspecified atom stereocenters. The van der Waals surface area contributed by atoms with Gasteiger partial charge in [0.05, 0.1) is 12.5 Å². The third kappa shape index (κ3) is 4.52. The van der Waals surface area contributed by atoms with Crippen molar-refractivity contribution < 1.29 is 27.9 Å². The number of hydrogen-bond acceptors (Lipinski definition) is 3. The van der Waals surface area contributed by atoms with Crippen molar-refractivity contribution >= 4 is 11.9 Å². The van der Waals surface area contributed by atoms with Crippen molar-refractivity contribution in [2.24, 2.45) is 11.8 Å². The summed E-state index contributed by atoms with van der Waals surface area (Å²) in [6.45, 7) is 0.960. The molecule has 0 aliphatic carbocycles. The third-order valence-electron chi connectivity index (χ3n) is 2.94. The number of nitrogens with zero attached hydrogens (tertiary/aromatic N) is 1. The van der Waals surface area contributed by atoms with Crippen LogP contribution in [0.4, 0.5) is 13.2 Å². The molecule has 2 N–H and O–H groups in total. The van der Waals surface area contributed by atoms with Crippen molar-refractivity contribution in [3.63, 3.8) is 0 Å². The van der Waals surface area contributed by atoms with Crippen LogP contribution in [0, 0.1) is 11.8 Å². The molecule has 0 aromatic rings. The van der Waals surface area contributed by atoms with Gasteiger partial charge in [-0.2, -0.15) is 13.2 Å². The Morgan fingerprint density at radius 3 is 2.44 bits per heavy atom. The SMILES string of the molecule is CC(C(=O)O)C1CN(CC(=O)NCC(F)(F)F)C1. The lowest BCUT2D eigenvalue weighted by molar-refractivity contribution is -0.146. The van der Waals surface area contributed by atoms with Crippen LogP contribution >= 0.6 is 0 Å². The lowest BCUT2D eigenvalue weighted by Crippen LogP contribution is -2.54. The molecular weight excluding hydrogens is 253 g/mol. The first-order chi connectivity index (χ1) is 8.19. The normalized spacial score (nSPS) is 19.1. The molecule has 0 aromatic carbocycles. The van der Waals surface area contributed by atoms with Crippen molar-refractivity contribution in [1.82, 2.24) is 10.2 Å². The van der Waals surface area contributed by atoms with E-state index in [1.807, 2.05) is 0 Å². The van der Waals surface area contributed by atoms with Crippen molar-refractivity contribution in [2.75, 3.05) is 26.2 Å². The number of carbonyl (C=O) groups is 2. The molecule has 1 aliphatic heterocycles. The Labute approximate surface area is 102 Å². The van der Waals surface area contributed by atoms with Crippen molar-refractivity contribution in [2.45, 2.75) is 13.1 Å². The first-order valence-electron chi connectivity index (χ1n) is 5.47. The van der Waals surface area contributed by atoms with E-state index in [2.05, 4.69) is 0 Å². The third-order valence-corrected chi connectivity index (χ3v) is 2.94. The van der Waals surface area contributed by atoms with Crippen molar-refractivity contribution in [3.8, 4) is 0 Å². The average molecular weight is 268 g/mol. The Kier molecular flexibility index (Phi) is 4.55. The number of alkyl halides is 3. The lowest BCUT2D eigenvalue weighted by atomic mass is 9.87. The van der Waals surface area contributed by atoms with E-state index in [1.165, 1.54) is 0 Å². The summed E-state index contributed by atoms with van der Waals surface area (Å²) in [5.74, 6) is -2.15. The molecule has 1 aliphatic rings. The molecule has 0 aromatic heterocycles. The number of carboxylic acids is 1. The second-order valence-corrected chi connectivity index (χ2v) is 4.47. The Balaban J connectivity index is 2.20. The summed E-state index contributed by atoms with van der Waals surface area (Å²) in [5.41, 5.74) is 0. The van der Waals surface area contributed by atoms with Crippen LogP contribution in [0.5, 0.6) is 0 Å². The van der Waals surface area contributed by atoms with Crippen LogP contribution in [0.15, 0.2) is 0 Å². The molecule has 1 rings (SSSR count). The van der Waals surface area contributed by atoms with Gasteiger partial charge in [0, 0.05) is 13.1 Å². The molecule has 0 bridgehead atoms. The zero-order valence-electron chi connectivity index (χ0n) is 9.83. The Bertz CT molecular complexity index is 327. The number of hydrogen-bond donors (Lipinski definition) is 2. The molecule has 1 heterocycles. The summed E-state index contributed by atoms with van der Waals surface area (Å²) in [6.07, 6.45) is -4.41. The van der Waals surface area contributed by atoms with E-state index >= 15 is 0 Å². The van der Waals surface area contributed by atoms with Crippen LogP contribution in [-0.2, 0) is 9.59 Å². The van der Waals surface area contributed by atoms with Crippen LogP contribution in [0.2, 0.25) is 0 Å². The monoisotopic (exact) mass is 268 g/mol. The van der Waals surface area contributed by atoms with E-state index in [9.17, 15) is 22.8 Å². The van der Waals surface area contributed by atoms with Gasteiger partial charge in [0.2, 0.25) is 5.91 Å². The highest BCUT2D eigenvalue weighted by Gasteiger charge is 2.35. The maximum absolute atomic E-state index is 11.8. The summed E-state index contributed by atoms with van der Waals surface area (Å²) in [4.78, 5) is 23.4. The van der Waals surface area contributed by atoms with Gasteiger partial charge in [-0.25, -0.2) is 0 Å². The lowest BCUT2D eigenvalue weighted by Gasteiger charge is -2.40. The van der Waals surface area contributed by atoms with Crippen LogP contribution in [0.25, 0.3) is 0 Å². The maximum atomic E-state index is 11.8. The molecule has 5 nitrogen and oxygen atoms in total. The molecule has 1 atom stereocenters.